The van der Waals surface area contributed by atoms with Gasteiger partial charge in [0.2, 0.25) is 0 Å². The van der Waals surface area contributed by atoms with E-state index in [1.807, 2.05) is 0 Å². The lowest BCUT2D eigenvalue weighted by molar-refractivity contribution is -0.195. The van der Waals surface area contributed by atoms with Crippen molar-refractivity contribution in [3.8, 4) is 0 Å². The summed E-state index contributed by atoms with van der Waals surface area (Å²) in [6.45, 7) is 0. The molecule has 22 heavy (non-hydrogen) atoms. The Balaban J connectivity index is 1.63. The van der Waals surface area contributed by atoms with Crippen molar-refractivity contribution >= 4 is 0 Å². The maximum absolute atomic E-state index is 2.43. The van der Waals surface area contributed by atoms with Crippen LogP contribution in [0.3, 0.4) is 0 Å². The number of hydrogen-bond acceptors (Lipinski definition) is 0. The topological polar surface area (TPSA) is 0 Å². The van der Waals surface area contributed by atoms with Crippen LogP contribution in [0.15, 0.2) is 60.7 Å². The van der Waals surface area contributed by atoms with Crippen molar-refractivity contribution in [3.05, 3.63) is 71.8 Å². The SMILES string of the molecule is c1ccc(C23[C@@H]4CC[C@@H]2[C@@H]2CC[C@@H]4C23c2ccccc2)cc1. The molecule has 0 bridgehead atoms. The van der Waals surface area contributed by atoms with Crippen LogP contribution >= 0.6 is 0 Å². The van der Waals surface area contributed by atoms with E-state index in [1.165, 1.54) is 25.7 Å². The fourth-order valence-corrected chi connectivity index (χ4v) is 8.05. The van der Waals surface area contributed by atoms with Gasteiger partial charge in [0.25, 0.3) is 0 Å². The molecule has 4 fully saturated rings. The Kier molecular flexibility index (Phi) is 1.99. The van der Waals surface area contributed by atoms with E-state index in [0.29, 0.717) is 10.8 Å². The number of rotatable bonds is 2. The quantitative estimate of drug-likeness (QED) is 0.733. The molecule has 0 amide bonds. The molecular weight excluding hydrogens is 264 g/mol. The molecule has 0 radical (unpaired) electrons. The Morgan fingerprint density at radius 3 is 1.14 bits per heavy atom. The third kappa shape index (κ3) is 0.935. The molecule has 0 saturated heterocycles. The van der Waals surface area contributed by atoms with Crippen molar-refractivity contribution in [3.63, 3.8) is 0 Å². The van der Waals surface area contributed by atoms with Crippen LogP contribution in [0.1, 0.15) is 36.8 Å². The molecule has 0 aliphatic heterocycles. The maximum Gasteiger partial charge on any atom is 0.0118 e. The highest BCUT2D eigenvalue weighted by atomic mass is 14.9. The van der Waals surface area contributed by atoms with Gasteiger partial charge in [-0.25, -0.2) is 0 Å². The van der Waals surface area contributed by atoms with Crippen molar-refractivity contribution in [1.29, 1.82) is 0 Å². The zero-order valence-corrected chi connectivity index (χ0v) is 12.9. The lowest BCUT2D eigenvalue weighted by Gasteiger charge is -2.78. The Labute approximate surface area is 132 Å². The largest absolute Gasteiger partial charge is 0.0622 e. The molecule has 2 aromatic rings. The average Bonchev–Trinajstić information content (AvgIpc) is 2.87. The Morgan fingerprint density at radius 2 is 0.818 bits per heavy atom. The van der Waals surface area contributed by atoms with E-state index in [4.69, 9.17) is 0 Å². The molecular formula is C22H22. The number of hydrogen-bond donors (Lipinski definition) is 0. The lowest BCUT2D eigenvalue weighted by Crippen LogP contribution is -2.80. The summed E-state index contributed by atoms with van der Waals surface area (Å²) in [5, 5.41) is 0. The summed E-state index contributed by atoms with van der Waals surface area (Å²) in [4.78, 5) is 0. The van der Waals surface area contributed by atoms with Crippen LogP contribution in [-0.4, -0.2) is 0 Å². The molecule has 0 heterocycles. The van der Waals surface area contributed by atoms with Crippen LogP contribution in [0.4, 0.5) is 0 Å². The third-order valence-electron chi connectivity index (χ3n) is 8.08. The van der Waals surface area contributed by atoms with E-state index in [2.05, 4.69) is 60.7 Å². The fraction of sp³-hybridized carbons (Fsp3) is 0.455. The molecule has 4 saturated carbocycles. The van der Waals surface area contributed by atoms with Crippen LogP contribution in [0, 0.1) is 23.7 Å². The van der Waals surface area contributed by atoms with Gasteiger partial charge in [-0.2, -0.15) is 0 Å². The highest BCUT2D eigenvalue weighted by Crippen LogP contribution is 2.89. The normalized spacial score (nSPS) is 46.7. The van der Waals surface area contributed by atoms with Crippen molar-refractivity contribution in [2.75, 3.05) is 0 Å². The van der Waals surface area contributed by atoms with Gasteiger partial charge in [0.15, 0.2) is 0 Å². The van der Waals surface area contributed by atoms with Crippen molar-refractivity contribution in [2.24, 2.45) is 23.7 Å². The number of fused-ring (bicyclic) bond motifs is 2. The fourth-order valence-electron chi connectivity index (χ4n) is 8.05. The summed E-state index contributed by atoms with van der Waals surface area (Å²) in [6, 6.07) is 23.1. The standard InChI is InChI=1S/C22H22/c1-3-7-15(8-4-1)21-17-11-12-18(21)20-14-13-19(17)22(20,21)16-9-5-2-6-10-16/h1-10,17-20H,11-14H2/t17-,18-,19+,20+,21?,22?. The second kappa shape index (κ2) is 3.67. The second-order valence-electron chi connectivity index (χ2n) is 8.05. The van der Waals surface area contributed by atoms with E-state index in [1.54, 1.807) is 11.1 Å². The minimum absolute atomic E-state index is 0.488. The van der Waals surface area contributed by atoms with Gasteiger partial charge >= 0.3 is 0 Å². The molecule has 0 aromatic heterocycles. The monoisotopic (exact) mass is 286 g/mol. The van der Waals surface area contributed by atoms with Gasteiger partial charge in [-0.1, -0.05) is 60.7 Å². The molecule has 0 N–H and O–H groups in total. The Morgan fingerprint density at radius 1 is 0.500 bits per heavy atom. The highest BCUT2D eigenvalue weighted by Gasteiger charge is 2.88. The van der Waals surface area contributed by atoms with Crippen molar-refractivity contribution in [1.82, 2.24) is 0 Å². The molecule has 0 unspecified atom stereocenters. The predicted octanol–water partition coefficient (Wildman–Crippen LogP) is 4.94. The third-order valence-corrected chi connectivity index (χ3v) is 8.08. The van der Waals surface area contributed by atoms with Gasteiger partial charge < -0.3 is 0 Å². The smallest absolute Gasteiger partial charge is 0.0118 e. The zero-order chi connectivity index (χ0) is 14.4. The van der Waals surface area contributed by atoms with Gasteiger partial charge in [-0.05, 0) is 60.5 Å². The Hall–Kier alpha value is -1.56. The molecule has 2 aromatic carbocycles. The van der Waals surface area contributed by atoms with Gasteiger partial charge in [0, 0.05) is 10.8 Å². The summed E-state index contributed by atoms with van der Waals surface area (Å²) in [6.07, 6.45) is 5.93. The van der Waals surface area contributed by atoms with Crippen LogP contribution in [0.25, 0.3) is 0 Å². The second-order valence-corrected chi connectivity index (χ2v) is 8.05. The first-order valence-electron chi connectivity index (χ1n) is 9.03. The van der Waals surface area contributed by atoms with Gasteiger partial charge in [0.05, 0.1) is 0 Å². The van der Waals surface area contributed by atoms with Crippen LogP contribution in [0.2, 0.25) is 0 Å². The summed E-state index contributed by atoms with van der Waals surface area (Å²) < 4.78 is 0. The zero-order valence-electron chi connectivity index (χ0n) is 12.9. The Bertz CT molecular complexity index is 644. The first-order chi connectivity index (χ1) is 10.9. The molecule has 0 heteroatoms. The molecule has 4 aliphatic rings. The van der Waals surface area contributed by atoms with E-state index in [9.17, 15) is 0 Å². The summed E-state index contributed by atoms with van der Waals surface area (Å²) in [5.41, 5.74) is 4.28. The highest BCUT2D eigenvalue weighted by molar-refractivity contribution is 5.57. The minimum Gasteiger partial charge on any atom is -0.0622 e. The molecule has 4 atom stereocenters. The summed E-state index contributed by atoms with van der Waals surface area (Å²) in [5.74, 6) is 3.83. The average molecular weight is 286 g/mol. The first kappa shape index (κ1) is 11.9. The van der Waals surface area contributed by atoms with E-state index in [-0.39, 0.29) is 0 Å². The molecule has 4 aliphatic carbocycles. The van der Waals surface area contributed by atoms with Crippen LogP contribution < -0.4 is 0 Å². The lowest BCUT2D eigenvalue weighted by atomic mass is 9.24. The van der Waals surface area contributed by atoms with E-state index in [0.717, 1.165) is 23.7 Å². The van der Waals surface area contributed by atoms with Crippen LogP contribution in [0.5, 0.6) is 0 Å². The van der Waals surface area contributed by atoms with Crippen molar-refractivity contribution < 1.29 is 0 Å². The van der Waals surface area contributed by atoms with E-state index >= 15 is 0 Å². The van der Waals surface area contributed by atoms with Gasteiger partial charge in [0.1, 0.15) is 0 Å². The van der Waals surface area contributed by atoms with Gasteiger partial charge in [-0.15, -0.1) is 0 Å². The summed E-state index contributed by atoms with van der Waals surface area (Å²) in [7, 11) is 0. The molecule has 6 rings (SSSR count). The minimum atomic E-state index is 0.488. The van der Waals surface area contributed by atoms with Crippen molar-refractivity contribution in [2.45, 2.75) is 36.5 Å². The number of benzene rings is 2. The summed E-state index contributed by atoms with van der Waals surface area (Å²) >= 11 is 0. The molecule has 0 spiro atoms. The molecule has 110 valence electrons. The predicted molar refractivity (Wildman–Crippen MR) is 88.7 cm³/mol. The van der Waals surface area contributed by atoms with E-state index < -0.39 is 0 Å². The first-order valence-corrected chi connectivity index (χ1v) is 9.03. The van der Waals surface area contributed by atoms with Gasteiger partial charge in [-0.3, -0.25) is 0 Å². The maximum atomic E-state index is 2.43. The van der Waals surface area contributed by atoms with Crippen LogP contribution in [-0.2, 0) is 10.8 Å². The molecule has 0 nitrogen and oxygen atoms in total.